The number of aryl methyl sites for hydroxylation is 1. The average Bonchev–Trinajstić information content (AvgIpc) is 3.00. The quantitative estimate of drug-likeness (QED) is 0.678. The molecule has 98 valence electrons. The molecule has 0 aliphatic rings. The van der Waals surface area contributed by atoms with Crippen molar-refractivity contribution in [1.29, 1.82) is 0 Å². The molecule has 0 aliphatic carbocycles. The van der Waals surface area contributed by atoms with Gasteiger partial charge in [0.1, 0.15) is 10.8 Å². The maximum Gasteiger partial charge on any atom is 0.180 e. The minimum atomic E-state index is 0.452. The van der Waals surface area contributed by atoms with Crippen molar-refractivity contribution in [3.63, 3.8) is 0 Å². The van der Waals surface area contributed by atoms with Crippen LogP contribution in [0.15, 0.2) is 12.1 Å². The fourth-order valence-electron chi connectivity index (χ4n) is 1.90. The van der Waals surface area contributed by atoms with Gasteiger partial charge in [-0.1, -0.05) is 0 Å². The van der Waals surface area contributed by atoms with Gasteiger partial charge in [0.05, 0.1) is 16.1 Å². The molecule has 0 fully saturated rings. The third-order valence-corrected chi connectivity index (χ3v) is 4.02. The molecule has 3 heterocycles. The minimum Gasteiger partial charge on any atom is -0.373 e. The highest BCUT2D eigenvalue weighted by atomic mass is 32.1. The van der Waals surface area contributed by atoms with Crippen LogP contribution in [-0.2, 0) is 6.54 Å². The van der Waals surface area contributed by atoms with Crippen molar-refractivity contribution in [2.45, 2.75) is 13.5 Å². The minimum absolute atomic E-state index is 0.452. The maximum atomic E-state index is 5.62. The summed E-state index contributed by atoms with van der Waals surface area (Å²) in [6, 6.07) is 3.88. The lowest BCUT2D eigenvalue weighted by Crippen LogP contribution is -1.94. The lowest BCUT2D eigenvalue weighted by atomic mass is 10.4. The molecule has 3 aromatic rings. The van der Waals surface area contributed by atoms with E-state index in [2.05, 4.69) is 25.3 Å². The number of hydrogen-bond donors (Lipinski definition) is 3. The number of fused-ring (bicyclic) bond motifs is 1. The van der Waals surface area contributed by atoms with Gasteiger partial charge in [-0.2, -0.15) is 0 Å². The first-order valence-electron chi connectivity index (χ1n) is 5.92. The molecule has 0 bridgehead atoms. The largest absolute Gasteiger partial charge is 0.373 e. The predicted octanol–water partition coefficient (Wildman–Crippen LogP) is 1.89. The summed E-state index contributed by atoms with van der Waals surface area (Å²) in [7, 11) is 1.84. The van der Waals surface area contributed by atoms with Gasteiger partial charge >= 0.3 is 0 Å². The highest BCUT2D eigenvalue weighted by molar-refractivity contribution is 7.15. The Morgan fingerprint density at radius 1 is 1.32 bits per heavy atom. The van der Waals surface area contributed by atoms with Crippen molar-refractivity contribution in [3.8, 4) is 10.7 Å². The molecule has 0 aliphatic heterocycles. The first kappa shape index (κ1) is 12.1. The van der Waals surface area contributed by atoms with Crippen LogP contribution in [0, 0.1) is 6.92 Å². The number of aromatic amines is 1. The number of aromatic nitrogens is 4. The number of thiazole rings is 1. The zero-order valence-electron chi connectivity index (χ0n) is 10.7. The fraction of sp³-hybridized carbons (Fsp3) is 0.250. The summed E-state index contributed by atoms with van der Waals surface area (Å²) >= 11 is 1.56. The van der Waals surface area contributed by atoms with Crippen molar-refractivity contribution in [3.05, 3.63) is 22.8 Å². The maximum absolute atomic E-state index is 5.62. The van der Waals surface area contributed by atoms with Gasteiger partial charge in [-0.15, -0.1) is 11.3 Å². The SMILES string of the molecule is CNc1ccc2[nH]c(-c3sc(CN)nc3C)nc2n1. The first-order chi connectivity index (χ1) is 9.21. The van der Waals surface area contributed by atoms with Gasteiger partial charge in [0.2, 0.25) is 0 Å². The van der Waals surface area contributed by atoms with Crippen LogP contribution in [0.2, 0.25) is 0 Å². The molecule has 0 amide bonds. The summed E-state index contributed by atoms with van der Waals surface area (Å²) < 4.78 is 0. The fourth-order valence-corrected chi connectivity index (χ4v) is 2.79. The molecule has 19 heavy (non-hydrogen) atoms. The normalized spacial score (nSPS) is 11.1. The summed E-state index contributed by atoms with van der Waals surface area (Å²) in [6.45, 7) is 2.42. The second-order valence-corrected chi connectivity index (χ2v) is 5.21. The number of hydrogen-bond acceptors (Lipinski definition) is 6. The van der Waals surface area contributed by atoms with Crippen molar-refractivity contribution >= 4 is 28.3 Å². The van der Waals surface area contributed by atoms with Gasteiger partial charge in [0.25, 0.3) is 0 Å². The second kappa shape index (κ2) is 4.60. The van der Waals surface area contributed by atoms with Gasteiger partial charge in [-0.3, -0.25) is 0 Å². The lowest BCUT2D eigenvalue weighted by Gasteiger charge is -1.95. The molecule has 0 atom stereocenters. The van der Waals surface area contributed by atoms with Crippen molar-refractivity contribution in [2.75, 3.05) is 12.4 Å². The van der Waals surface area contributed by atoms with Gasteiger partial charge in [0, 0.05) is 13.6 Å². The van der Waals surface area contributed by atoms with Crippen LogP contribution in [0.4, 0.5) is 5.82 Å². The molecule has 0 aromatic carbocycles. The topological polar surface area (TPSA) is 92.5 Å². The van der Waals surface area contributed by atoms with Crippen molar-refractivity contribution < 1.29 is 0 Å². The Morgan fingerprint density at radius 2 is 2.16 bits per heavy atom. The van der Waals surface area contributed by atoms with Crippen LogP contribution in [0.5, 0.6) is 0 Å². The van der Waals surface area contributed by atoms with E-state index in [0.29, 0.717) is 12.2 Å². The van der Waals surface area contributed by atoms with E-state index < -0.39 is 0 Å². The summed E-state index contributed by atoms with van der Waals surface area (Å²) in [4.78, 5) is 17.6. The van der Waals surface area contributed by atoms with Gasteiger partial charge in [0.15, 0.2) is 11.5 Å². The van der Waals surface area contributed by atoms with E-state index >= 15 is 0 Å². The van der Waals surface area contributed by atoms with E-state index in [1.54, 1.807) is 11.3 Å². The zero-order chi connectivity index (χ0) is 13.4. The van der Waals surface area contributed by atoms with E-state index in [4.69, 9.17) is 5.73 Å². The standard InChI is InChI=1S/C12H14N6S/c1-6-10(19-9(5-13)15-6)12-16-7-3-4-8(14-2)17-11(7)18-12/h3-4H,5,13H2,1-2H3,(H2,14,16,17,18). The smallest absolute Gasteiger partial charge is 0.180 e. The lowest BCUT2D eigenvalue weighted by molar-refractivity contribution is 1.02. The zero-order valence-corrected chi connectivity index (χ0v) is 11.5. The van der Waals surface area contributed by atoms with Crippen LogP contribution >= 0.6 is 11.3 Å². The molecular formula is C12H14N6S. The Balaban J connectivity index is 2.11. The van der Waals surface area contributed by atoms with Gasteiger partial charge < -0.3 is 16.0 Å². The second-order valence-electron chi connectivity index (χ2n) is 4.13. The third kappa shape index (κ3) is 2.06. The summed E-state index contributed by atoms with van der Waals surface area (Å²) in [5, 5.41) is 3.92. The van der Waals surface area contributed by atoms with Crippen molar-refractivity contribution in [2.24, 2.45) is 5.73 Å². The number of imidazole rings is 1. The monoisotopic (exact) mass is 274 g/mol. The molecule has 0 saturated heterocycles. The molecular weight excluding hydrogens is 260 g/mol. The molecule has 6 nitrogen and oxygen atoms in total. The molecule has 4 N–H and O–H groups in total. The average molecular weight is 274 g/mol. The molecule has 0 spiro atoms. The van der Waals surface area contributed by atoms with E-state index in [1.807, 2.05) is 26.1 Å². The Hall–Kier alpha value is -1.99. The third-order valence-electron chi connectivity index (χ3n) is 2.83. The predicted molar refractivity (Wildman–Crippen MR) is 77.2 cm³/mol. The first-order valence-corrected chi connectivity index (χ1v) is 6.74. The Morgan fingerprint density at radius 3 is 2.84 bits per heavy atom. The molecule has 3 rings (SSSR count). The van der Waals surface area contributed by atoms with E-state index in [0.717, 1.165) is 32.7 Å². The highest BCUT2D eigenvalue weighted by Gasteiger charge is 2.13. The molecule has 0 radical (unpaired) electrons. The number of H-pyrrole nitrogens is 1. The number of nitrogens with zero attached hydrogens (tertiary/aromatic N) is 3. The Labute approximate surface area is 114 Å². The molecule has 0 unspecified atom stereocenters. The number of nitrogens with one attached hydrogen (secondary N) is 2. The summed E-state index contributed by atoms with van der Waals surface area (Å²) in [6.07, 6.45) is 0. The highest BCUT2D eigenvalue weighted by Crippen LogP contribution is 2.29. The summed E-state index contributed by atoms with van der Waals surface area (Å²) in [5.74, 6) is 1.60. The van der Waals surface area contributed by atoms with Gasteiger partial charge in [-0.05, 0) is 19.1 Å². The van der Waals surface area contributed by atoms with E-state index in [9.17, 15) is 0 Å². The van der Waals surface area contributed by atoms with Crippen LogP contribution in [0.3, 0.4) is 0 Å². The molecule has 0 saturated carbocycles. The number of anilines is 1. The number of nitrogens with two attached hydrogens (primary N) is 1. The molecule has 3 aromatic heterocycles. The number of rotatable bonds is 3. The van der Waals surface area contributed by atoms with Crippen LogP contribution in [-0.4, -0.2) is 27.0 Å². The van der Waals surface area contributed by atoms with Crippen LogP contribution < -0.4 is 11.1 Å². The van der Waals surface area contributed by atoms with E-state index in [1.165, 1.54) is 0 Å². The van der Waals surface area contributed by atoms with E-state index in [-0.39, 0.29) is 0 Å². The van der Waals surface area contributed by atoms with Gasteiger partial charge in [-0.25, -0.2) is 15.0 Å². The Kier molecular flexibility index (Phi) is 2.92. The Bertz CT molecular complexity index is 729. The number of pyridine rings is 1. The van der Waals surface area contributed by atoms with Crippen LogP contribution in [0.1, 0.15) is 10.7 Å². The summed E-state index contributed by atoms with van der Waals surface area (Å²) in [5.41, 5.74) is 8.17. The van der Waals surface area contributed by atoms with Crippen molar-refractivity contribution in [1.82, 2.24) is 19.9 Å². The molecule has 7 heteroatoms. The van der Waals surface area contributed by atoms with Crippen LogP contribution in [0.25, 0.3) is 21.9 Å².